The van der Waals surface area contributed by atoms with Gasteiger partial charge in [-0.15, -0.1) is 0 Å². The van der Waals surface area contributed by atoms with Crippen LogP contribution in [0.4, 0.5) is 24.0 Å². The van der Waals surface area contributed by atoms with E-state index in [1.165, 1.54) is 0 Å². The first kappa shape index (κ1) is 22.0. The van der Waals surface area contributed by atoms with E-state index in [0.717, 1.165) is 34.1 Å². The molecular weight excluding hydrogens is 471 g/mol. The molecule has 3 heterocycles. The molecule has 4 aromatic rings. The Hall–Kier alpha value is -3.80. The minimum Gasteiger partial charge on any atom is -0.336 e. The highest BCUT2D eigenvalue weighted by atomic mass is 32.1. The molecule has 0 N–H and O–H groups in total. The molecule has 1 aliphatic heterocycles. The lowest BCUT2D eigenvalue weighted by Gasteiger charge is -2.17. The number of benzene rings is 2. The zero-order valence-corrected chi connectivity index (χ0v) is 18.5. The number of alkyl halides is 3. The molecule has 0 saturated carbocycles. The third-order valence-electron chi connectivity index (χ3n) is 5.67. The molecule has 174 valence electrons. The summed E-state index contributed by atoms with van der Waals surface area (Å²) in [7, 11) is 0. The van der Waals surface area contributed by atoms with Crippen molar-refractivity contribution in [1.82, 2.24) is 14.5 Å². The molecule has 34 heavy (non-hydrogen) atoms. The number of halogens is 3. The average Bonchev–Trinajstić information content (AvgIpc) is 3.36. The molecule has 0 spiro atoms. The van der Waals surface area contributed by atoms with Crippen LogP contribution < -0.4 is 10.5 Å². The van der Waals surface area contributed by atoms with Gasteiger partial charge in [-0.25, -0.2) is 4.98 Å². The molecule has 0 saturated heterocycles. The van der Waals surface area contributed by atoms with Gasteiger partial charge < -0.3 is 9.47 Å². The number of non-ortho nitro benzene ring substituents is 1. The molecule has 12 heteroatoms. The van der Waals surface area contributed by atoms with Gasteiger partial charge in [-0.1, -0.05) is 41.7 Å². The van der Waals surface area contributed by atoms with Crippen LogP contribution in [0.5, 0.6) is 0 Å². The molecule has 5 rings (SSSR count). The summed E-state index contributed by atoms with van der Waals surface area (Å²) in [4.78, 5) is 33.7. The third kappa shape index (κ3) is 3.59. The second-order valence-electron chi connectivity index (χ2n) is 7.72. The molecule has 2 aromatic heterocycles. The van der Waals surface area contributed by atoms with Crippen molar-refractivity contribution in [3.8, 4) is 11.4 Å². The molecule has 0 radical (unpaired) electrons. The predicted molar refractivity (Wildman–Crippen MR) is 121 cm³/mol. The minimum atomic E-state index is -4.83. The number of fused-ring (bicyclic) bond motifs is 2. The monoisotopic (exact) mass is 487 g/mol. The number of aromatic nitrogens is 3. The quantitative estimate of drug-likeness (QED) is 0.298. The van der Waals surface area contributed by atoms with Gasteiger partial charge in [0.1, 0.15) is 10.5 Å². The summed E-state index contributed by atoms with van der Waals surface area (Å²) < 4.78 is 41.5. The Kier molecular flexibility index (Phi) is 5.12. The zero-order chi connectivity index (χ0) is 24.2. The van der Waals surface area contributed by atoms with E-state index in [9.17, 15) is 28.1 Å². The Labute approximate surface area is 194 Å². The van der Waals surface area contributed by atoms with Gasteiger partial charge >= 0.3 is 6.18 Å². The molecule has 8 nitrogen and oxygen atoms in total. The molecule has 0 amide bonds. The third-order valence-corrected chi connectivity index (χ3v) is 6.83. The Morgan fingerprint density at radius 2 is 1.88 bits per heavy atom. The molecule has 0 bridgehead atoms. The summed E-state index contributed by atoms with van der Waals surface area (Å²) >= 11 is 0.829. The van der Waals surface area contributed by atoms with Crippen molar-refractivity contribution >= 4 is 32.2 Å². The zero-order valence-electron chi connectivity index (χ0n) is 17.7. The van der Waals surface area contributed by atoms with E-state index >= 15 is 0 Å². The fourth-order valence-electron chi connectivity index (χ4n) is 4.12. The first-order chi connectivity index (χ1) is 16.2. The van der Waals surface area contributed by atoms with Gasteiger partial charge in [-0.05, 0) is 13.0 Å². The highest BCUT2D eigenvalue weighted by Gasteiger charge is 2.35. The SMILES string of the molecule is CCn1c(-c2ccccc2)nc2c1CN(c1nc(=O)c3cc(C(F)(F)F)cc([N+](=O)[O-])c3s1)C2. The van der Waals surface area contributed by atoms with Crippen LogP contribution in [0, 0.1) is 10.1 Å². The Morgan fingerprint density at radius 3 is 2.53 bits per heavy atom. The Bertz CT molecular complexity index is 1500. The van der Waals surface area contributed by atoms with Gasteiger partial charge in [0.15, 0.2) is 5.13 Å². The van der Waals surface area contributed by atoms with Crippen LogP contribution in [0.25, 0.3) is 21.5 Å². The normalized spacial score (nSPS) is 13.5. The first-order valence-corrected chi connectivity index (χ1v) is 11.1. The van der Waals surface area contributed by atoms with Crippen LogP contribution in [0.1, 0.15) is 23.9 Å². The van der Waals surface area contributed by atoms with Crippen molar-refractivity contribution in [1.29, 1.82) is 0 Å². The number of imidazole rings is 1. The van der Waals surface area contributed by atoms with Crippen molar-refractivity contribution in [2.45, 2.75) is 32.7 Å². The first-order valence-electron chi connectivity index (χ1n) is 10.3. The molecule has 0 atom stereocenters. The number of hydrogen-bond acceptors (Lipinski definition) is 7. The highest BCUT2D eigenvalue weighted by Crippen LogP contribution is 2.40. The van der Waals surface area contributed by atoms with Crippen LogP contribution in [0.2, 0.25) is 0 Å². The van der Waals surface area contributed by atoms with E-state index in [1.54, 1.807) is 4.90 Å². The molecule has 1 aliphatic rings. The van der Waals surface area contributed by atoms with Gasteiger partial charge in [0.2, 0.25) is 0 Å². The highest BCUT2D eigenvalue weighted by molar-refractivity contribution is 7.22. The van der Waals surface area contributed by atoms with E-state index in [4.69, 9.17) is 4.98 Å². The van der Waals surface area contributed by atoms with Crippen LogP contribution >= 0.6 is 11.3 Å². The molecule has 0 fully saturated rings. The van der Waals surface area contributed by atoms with Crippen LogP contribution in [0.3, 0.4) is 0 Å². The lowest BCUT2D eigenvalue weighted by atomic mass is 10.1. The van der Waals surface area contributed by atoms with E-state index in [-0.39, 0.29) is 9.83 Å². The summed E-state index contributed by atoms with van der Waals surface area (Å²) in [5.41, 5.74) is -0.265. The van der Waals surface area contributed by atoms with E-state index < -0.39 is 33.3 Å². The topological polar surface area (TPSA) is 94.2 Å². The van der Waals surface area contributed by atoms with Crippen molar-refractivity contribution in [3.63, 3.8) is 0 Å². The van der Waals surface area contributed by atoms with Crippen molar-refractivity contribution < 1.29 is 18.1 Å². The molecule has 2 aromatic carbocycles. The van der Waals surface area contributed by atoms with Gasteiger partial charge in [0.05, 0.1) is 40.4 Å². The summed E-state index contributed by atoms with van der Waals surface area (Å²) in [6.45, 7) is 3.34. The standard InChI is InChI=1S/C22H16F3N5O3S/c1-2-29-17-11-28(10-15(17)26-19(29)12-6-4-3-5-7-12)21-27-20(31)14-8-13(22(23,24)25)9-16(30(32)33)18(14)34-21/h3-9H,2,10-11H2,1H3. The fraction of sp³-hybridized carbons (Fsp3) is 0.227. The van der Waals surface area contributed by atoms with E-state index in [1.807, 2.05) is 37.3 Å². The van der Waals surface area contributed by atoms with E-state index in [2.05, 4.69) is 9.55 Å². The lowest BCUT2D eigenvalue weighted by molar-refractivity contribution is -0.383. The number of nitro groups is 1. The predicted octanol–water partition coefficient (Wildman–Crippen LogP) is 4.99. The summed E-state index contributed by atoms with van der Waals surface area (Å²) in [6.07, 6.45) is -4.83. The lowest BCUT2D eigenvalue weighted by Crippen LogP contribution is -2.21. The number of hydrogen-bond donors (Lipinski definition) is 0. The van der Waals surface area contributed by atoms with Crippen LogP contribution in [-0.4, -0.2) is 19.5 Å². The van der Waals surface area contributed by atoms with E-state index in [0.29, 0.717) is 31.8 Å². The van der Waals surface area contributed by atoms with Crippen molar-refractivity contribution in [2.75, 3.05) is 4.90 Å². The van der Waals surface area contributed by atoms with Crippen molar-refractivity contribution in [2.24, 2.45) is 0 Å². The summed E-state index contributed by atoms with van der Waals surface area (Å²) in [5, 5.41) is 11.3. The maximum Gasteiger partial charge on any atom is 0.416 e. The number of nitrogens with zero attached hydrogens (tertiary/aromatic N) is 5. The van der Waals surface area contributed by atoms with Gasteiger partial charge in [-0.3, -0.25) is 14.9 Å². The maximum atomic E-state index is 13.2. The van der Waals surface area contributed by atoms with Crippen LogP contribution in [0.15, 0.2) is 47.3 Å². The minimum absolute atomic E-state index is 0.138. The molecule has 0 unspecified atom stereocenters. The second kappa shape index (κ2) is 7.90. The number of rotatable bonds is 4. The van der Waals surface area contributed by atoms with Gasteiger partial charge in [0.25, 0.3) is 11.2 Å². The largest absolute Gasteiger partial charge is 0.416 e. The Morgan fingerprint density at radius 1 is 1.15 bits per heavy atom. The van der Waals surface area contributed by atoms with Crippen molar-refractivity contribution in [3.05, 3.63) is 79.9 Å². The fourth-order valence-corrected chi connectivity index (χ4v) is 5.18. The summed E-state index contributed by atoms with van der Waals surface area (Å²) in [6, 6.07) is 10.8. The smallest absolute Gasteiger partial charge is 0.336 e. The number of anilines is 1. The maximum absolute atomic E-state index is 13.2. The molecular formula is C22H16F3N5O3S. The number of nitro benzene ring substituents is 1. The second-order valence-corrected chi connectivity index (χ2v) is 8.70. The van der Waals surface area contributed by atoms with Crippen LogP contribution in [-0.2, 0) is 25.8 Å². The van der Waals surface area contributed by atoms with Gasteiger partial charge in [0, 0.05) is 18.2 Å². The Balaban J connectivity index is 1.57. The average molecular weight is 487 g/mol. The molecule has 0 aliphatic carbocycles. The van der Waals surface area contributed by atoms with Gasteiger partial charge in [-0.2, -0.15) is 18.2 Å². The summed E-state index contributed by atoms with van der Waals surface area (Å²) in [5.74, 6) is 0.822.